The van der Waals surface area contributed by atoms with Gasteiger partial charge >= 0.3 is 0 Å². The van der Waals surface area contributed by atoms with Crippen LogP contribution in [0.4, 0.5) is 5.69 Å². The summed E-state index contributed by atoms with van der Waals surface area (Å²) >= 11 is 0. The number of likely N-dealkylation sites (N-methyl/N-ethyl adjacent to an activating group) is 1. The van der Waals surface area contributed by atoms with Gasteiger partial charge in [0.05, 0.1) is 0 Å². The van der Waals surface area contributed by atoms with Crippen LogP contribution in [0.15, 0.2) is 48.5 Å². The van der Waals surface area contributed by atoms with Crippen LogP contribution in [0.2, 0.25) is 0 Å². The SMILES string of the molecule is CCNCCc1ccccc1CN(C)c1ccccc1C. The number of nitrogens with one attached hydrogen (secondary N) is 1. The van der Waals surface area contributed by atoms with E-state index in [1.807, 2.05) is 0 Å². The number of para-hydroxylation sites is 1. The molecule has 0 radical (unpaired) electrons. The molecule has 0 aliphatic carbocycles. The van der Waals surface area contributed by atoms with Crippen LogP contribution in [-0.4, -0.2) is 20.1 Å². The molecule has 0 bridgehead atoms. The van der Waals surface area contributed by atoms with E-state index in [0.29, 0.717) is 0 Å². The van der Waals surface area contributed by atoms with Gasteiger partial charge in [-0.25, -0.2) is 0 Å². The second-order valence-corrected chi connectivity index (χ2v) is 5.51. The van der Waals surface area contributed by atoms with Crippen LogP contribution >= 0.6 is 0 Å². The van der Waals surface area contributed by atoms with E-state index in [1.165, 1.54) is 22.4 Å². The molecule has 0 spiro atoms. The lowest BCUT2D eigenvalue weighted by molar-refractivity contribution is 0.712. The summed E-state index contributed by atoms with van der Waals surface area (Å²) in [6.07, 6.45) is 1.09. The molecular weight excluding hydrogens is 256 g/mol. The standard InChI is InChI=1S/C19H26N2/c1-4-20-14-13-17-10-6-7-11-18(17)15-21(3)19-12-8-5-9-16(19)2/h5-12,20H,4,13-15H2,1-3H3. The topological polar surface area (TPSA) is 15.3 Å². The number of benzene rings is 2. The number of hydrogen-bond acceptors (Lipinski definition) is 2. The third kappa shape index (κ3) is 4.33. The van der Waals surface area contributed by atoms with Crippen molar-refractivity contribution in [2.45, 2.75) is 26.8 Å². The maximum absolute atomic E-state index is 3.40. The van der Waals surface area contributed by atoms with Crippen molar-refractivity contribution in [3.05, 3.63) is 65.2 Å². The number of hydrogen-bond donors (Lipinski definition) is 1. The Kier molecular flexibility index (Phi) is 5.82. The Balaban J connectivity index is 2.10. The van der Waals surface area contributed by atoms with Gasteiger partial charge in [-0.15, -0.1) is 0 Å². The van der Waals surface area contributed by atoms with Gasteiger partial charge in [0.2, 0.25) is 0 Å². The van der Waals surface area contributed by atoms with Gasteiger partial charge in [0.15, 0.2) is 0 Å². The monoisotopic (exact) mass is 282 g/mol. The van der Waals surface area contributed by atoms with E-state index in [-0.39, 0.29) is 0 Å². The fourth-order valence-electron chi connectivity index (χ4n) is 2.69. The minimum Gasteiger partial charge on any atom is -0.370 e. The highest BCUT2D eigenvalue weighted by Crippen LogP contribution is 2.21. The Morgan fingerprint density at radius 1 is 0.952 bits per heavy atom. The van der Waals surface area contributed by atoms with Crippen molar-refractivity contribution in [1.29, 1.82) is 0 Å². The Labute approximate surface area is 128 Å². The summed E-state index contributed by atoms with van der Waals surface area (Å²) in [6.45, 7) is 7.35. The molecule has 0 heterocycles. The maximum atomic E-state index is 3.40. The molecule has 0 aliphatic rings. The molecule has 0 aliphatic heterocycles. The van der Waals surface area contributed by atoms with Crippen molar-refractivity contribution in [2.75, 3.05) is 25.0 Å². The van der Waals surface area contributed by atoms with E-state index in [2.05, 4.69) is 79.6 Å². The largest absolute Gasteiger partial charge is 0.370 e. The van der Waals surface area contributed by atoms with Gasteiger partial charge in [-0.05, 0) is 49.2 Å². The summed E-state index contributed by atoms with van der Waals surface area (Å²) in [5.74, 6) is 0. The van der Waals surface area contributed by atoms with Gasteiger partial charge in [-0.1, -0.05) is 49.4 Å². The van der Waals surface area contributed by atoms with Gasteiger partial charge in [0, 0.05) is 19.3 Å². The highest BCUT2D eigenvalue weighted by Gasteiger charge is 2.07. The molecule has 0 aromatic heterocycles. The van der Waals surface area contributed by atoms with Gasteiger partial charge in [-0.2, -0.15) is 0 Å². The highest BCUT2D eigenvalue weighted by atomic mass is 15.1. The van der Waals surface area contributed by atoms with Crippen LogP contribution in [0.3, 0.4) is 0 Å². The molecule has 21 heavy (non-hydrogen) atoms. The Morgan fingerprint density at radius 2 is 1.62 bits per heavy atom. The molecule has 0 unspecified atom stereocenters. The molecule has 2 rings (SSSR count). The molecule has 0 atom stereocenters. The molecule has 2 nitrogen and oxygen atoms in total. The predicted molar refractivity (Wildman–Crippen MR) is 92.0 cm³/mol. The summed E-state index contributed by atoms with van der Waals surface area (Å²) in [5.41, 5.74) is 5.49. The van der Waals surface area contributed by atoms with Crippen molar-refractivity contribution in [1.82, 2.24) is 5.32 Å². The lowest BCUT2D eigenvalue weighted by Crippen LogP contribution is -2.20. The molecule has 2 aromatic carbocycles. The van der Waals surface area contributed by atoms with Crippen molar-refractivity contribution in [2.24, 2.45) is 0 Å². The molecule has 0 fully saturated rings. The Hall–Kier alpha value is -1.80. The van der Waals surface area contributed by atoms with E-state index >= 15 is 0 Å². The molecule has 1 N–H and O–H groups in total. The smallest absolute Gasteiger partial charge is 0.0429 e. The molecule has 0 saturated heterocycles. The second-order valence-electron chi connectivity index (χ2n) is 5.51. The van der Waals surface area contributed by atoms with Gasteiger partial charge in [0.1, 0.15) is 0 Å². The third-order valence-electron chi connectivity index (χ3n) is 3.87. The molecule has 0 saturated carbocycles. The fraction of sp³-hybridized carbons (Fsp3) is 0.368. The number of aryl methyl sites for hydroxylation is 1. The predicted octanol–water partition coefficient (Wildman–Crippen LogP) is 3.78. The summed E-state index contributed by atoms with van der Waals surface area (Å²) in [4.78, 5) is 2.33. The molecule has 112 valence electrons. The lowest BCUT2D eigenvalue weighted by atomic mass is 10.0. The molecule has 2 aromatic rings. The lowest BCUT2D eigenvalue weighted by Gasteiger charge is -2.23. The van der Waals surface area contributed by atoms with E-state index in [0.717, 1.165) is 26.1 Å². The minimum absolute atomic E-state index is 0.952. The van der Waals surface area contributed by atoms with Crippen LogP contribution in [-0.2, 0) is 13.0 Å². The Bertz CT molecular complexity index is 563. The first-order chi connectivity index (χ1) is 10.2. The zero-order valence-corrected chi connectivity index (χ0v) is 13.4. The first-order valence-electron chi connectivity index (χ1n) is 7.76. The van der Waals surface area contributed by atoms with Crippen molar-refractivity contribution in [3.8, 4) is 0 Å². The van der Waals surface area contributed by atoms with Crippen LogP contribution in [0.5, 0.6) is 0 Å². The summed E-state index contributed by atoms with van der Waals surface area (Å²) in [5, 5.41) is 3.40. The average Bonchev–Trinajstić information content (AvgIpc) is 2.49. The summed E-state index contributed by atoms with van der Waals surface area (Å²) in [6, 6.07) is 17.3. The number of rotatable bonds is 7. The van der Waals surface area contributed by atoms with E-state index in [1.54, 1.807) is 0 Å². The van der Waals surface area contributed by atoms with Crippen LogP contribution in [0.25, 0.3) is 0 Å². The molecular formula is C19H26N2. The van der Waals surface area contributed by atoms with Gasteiger partial charge < -0.3 is 10.2 Å². The summed E-state index contributed by atoms with van der Waals surface area (Å²) in [7, 11) is 2.17. The van der Waals surface area contributed by atoms with Crippen LogP contribution in [0, 0.1) is 6.92 Å². The average molecular weight is 282 g/mol. The number of anilines is 1. The first kappa shape index (κ1) is 15.6. The zero-order valence-electron chi connectivity index (χ0n) is 13.4. The minimum atomic E-state index is 0.952. The first-order valence-corrected chi connectivity index (χ1v) is 7.76. The molecule has 2 heteroatoms. The highest BCUT2D eigenvalue weighted by molar-refractivity contribution is 5.53. The van der Waals surface area contributed by atoms with Crippen molar-refractivity contribution < 1.29 is 0 Å². The Morgan fingerprint density at radius 3 is 2.33 bits per heavy atom. The second kappa shape index (κ2) is 7.84. The fourth-order valence-corrected chi connectivity index (χ4v) is 2.69. The number of nitrogens with zero attached hydrogens (tertiary/aromatic N) is 1. The summed E-state index contributed by atoms with van der Waals surface area (Å²) < 4.78 is 0. The van der Waals surface area contributed by atoms with E-state index < -0.39 is 0 Å². The quantitative estimate of drug-likeness (QED) is 0.777. The van der Waals surface area contributed by atoms with E-state index in [9.17, 15) is 0 Å². The van der Waals surface area contributed by atoms with Crippen LogP contribution < -0.4 is 10.2 Å². The van der Waals surface area contributed by atoms with Gasteiger partial charge in [0.25, 0.3) is 0 Å². The third-order valence-corrected chi connectivity index (χ3v) is 3.87. The normalized spacial score (nSPS) is 10.6. The van der Waals surface area contributed by atoms with Crippen molar-refractivity contribution >= 4 is 5.69 Å². The maximum Gasteiger partial charge on any atom is 0.0429 e. The van der Waals surface area contributed by atoms with Gasteiger partial charge in [-0.3, -0.25) is 0 Å². The molecule has 0 amide bonds. The van der Waals surface area contributed by atoms with Crippen molar-refractivity contribution in [3.63, 3.8) is 0 Å². The zero-order chi connectivity index (χ0) is 15.1. The van der Waals surface area contributed by atoms with E-state index in [4.69, 9.17) is 0 Å². The van der Waals surface area contributed by atoms with Crippen LogP contribution in [0.1, 0.15) is 23.6 Å².